The molecule has 0 aliphatic heterocycles. The minimum atomic E-state index is -0.117. The molecule has 0 saturated heterocycles. The normalized spacial score (nSPS) is 12.4. The van der Waals surface area contributed by atoms with E-state index in [0.29, 0.717) is 0 Å². The lowest BCUT2D eigenvalue weighted by molar-refractivity contribution is 1.10. The monoisotopic (exact) mass is 329 g/mol. The van der Waals surface area contributed by atoms with Crippen molar-refractivity contribution in [3.05, 3.63) is 63.5 Å². The summed E-state index contributed by atoms with van der Waals surface area (Å²) in [7, 11) is 0. The SMILES string of the molecule is Cl[C@@H](c1ccccc1)c1cncc(I)c1. The zero-order valence-corrected chi connectivity index (χ0v) is 10.8. The lowest BCUT2D eigenvalue weighted by Gasteiger charge is -2.09. The highest BCUT2D eigenvalue weighted by molar-refractivity contribution is 14.1. The number of nitrogens with zero attached hydrogens (tertiary/aromatic N) is 1. The van der Waals surface area contributed by atoms with Crippen molar-refractivity contribution >= 4 is 34.2 Å². The van der Waals surface area contributed by atoms with Gasteiger partial charge in [0.05, 0.1) is 5.38 Å². The Hall–Kier alpha value is -0.610. The number of rotatable bonds is 2. The summed E-state index contributed by atoms with van der Waals surface area (Å²) in [5, 5.41) is -0.117. The first kappa shape index (κ1) is 10.9. The molecule has 76 valence electrons. The number of hydrogen-bond acceptors (Lipinski definition) is 1. The van der Waals surface area contributed by atoms with Gasteiger partial charge in [-0.3, -0.25) is 4.98 Å². The highest BCUT2D eigenvalue weighted by Gasteiger charge is 2.10. The molecule has 1 atom stereocenters. The smallest absolute Gasteiger partial charge is 0.0850 e. The standard InChI is InChI=1S/C12H9ClIN/c13-12(9-4-2-1-3-5-9)10-6-11(14)8-15-7-10/h1-8,12H/t12-/m0/s1. The zero-order valence-electron chi connectivity index (χ0n) is 7.90. The van der Waals surface area contributed by atoms with E-state index in [4.69, 9.17) is 11.6 Å². The van der Waals surface area contributed by atoms with Gasteiger partial charge in [0.2, 0.25) is 0 Å². The van der Waals surface area contributed by atoms with Gasteiger partial charge >= 0.3 is 0 Å². The number of alkyl halides is 1. The van der Waals surface area contributed by atoms with Gasteiger partial charge in [-0.1, -0.05) is 30.3 Å². The minimum Gasteiger partial charge on any atom is -0.263 e. The Labute approximate surface area is 108 Å². The van der Waals surface area contributed by atoms with Crippen LogP contribution in [0.4, 0.5) is 0 Å². The Morgan fingerprint density at radius 2 is 1.80 bits per heavy atom. The van der Waals surface area contributed by atoms with E-state index >= 15 is 0 Å². The molecule has 0 bridgehead atoms. The van der Waals surface area contributed by atoms with E-state index in [9.17, 15) is 0 Å². The molecule has 15 heavy (non-hydrogen) atoms. The van der Waals surface area contributed by atoms with Crippen LogP contribution in [0.5, 0.6) is 0 Å². The highest BCUT2D eigenvalue weighted by Crippen LogP contribution is 2.28. The number of hydrogen-bond donors (Lipinski definition) is 0. The van der Waals surface area contributed by atoms with Crippen LogP contribution in [0, 0.1) is 3.57 Å². The van der Waals surface area contributed by atoms with Gasteiger partial charge in [-0.05, 0) is 39.8 Å². The number of benzene rings is 1. The molecule has 2 rings (SSSR count). The molecule has 1 nitrogen and oxygen atoms in total. The summed E-state index contributed by atoms with van der Waals surface area (Å²) in [5.41, 5.74) is 2.14. The maximum atomic E-state index is 6.36. The van der Waals surface area contributed by atoms with Crippen LogP contribution in [-0.2, 0) is 0 Å². The van der Waals surface area contributed by atoms with Crippen LogP contribution in [0.3, 0.4) is 0 Å². The van der Waals surface area contributed by atoms with E-state index in [1.807, 2.05) is 42.7 Å². The molecule has 0 aliphatic rings. The Morgan fingerprint density at radius 1 is 1.07 bits per heavy atom. The molecule has 0 spiro atoms. The first-order valence-corrected chi connectivity index (χ1v) is 6.08. The number of aromatic nitrogens is 1. The van der Waals surface area contributed by atoms with Crippen molar-refractivity contribution in [2.24, 2.45) is 0 Å². The molecule has 0 amide bonds. The first-order valence-electron chi connectivity index (χ1n) is 4.57. The fraction of sp³-hybridized carbons (Fsp3) is 0.0833. The summed E-state index contributed by atoms with van der Waals surface area (Å²) < 4.78 is 1.10. The van der Waals surface area contributed by atoms with Gasteiger partial charge in [0.15, 0.2) is 0 Å². The Kier molecular flexibility index (Phi) is 3.59. The van der Waals surface area contributed by atoms with Crippen molar-refractivity contribution < 1.29 is 0 Å². The molecule has 0 fully saturated rings. The molecule has 0 saturated carbocycles. The van der Waals surface area contributed by atoms with Crippen molar-refractivity contribution in [3.63, 3.8) is 0 Å². The van der Waals surface area contributed by atoms with Gasteiger partial charge in [0.25, 0.3) is 0 Å². The van der Waals surface area contributed by atoms with E-state index in [1.54, 1.807) is 0 Å². The molecule has 2 aromatic rings. The second-order valence-corrected chi connectivity index (χ2v) is 4.89. The molecule has 1 heterocycles. The van der Waals surface area contributed by atoms with E-state index in [0.717, 1.165) is 14.7 Å². The van der Waals surface area contributed by atoms with Crippen LogP contribution in [-0.4, -0.2) is 4.98 Å². The molecular weight excluding hydrogens is 320 g/mol. The van der Waals surface area contributed by atoms with Crippen LogP contribution < -0.4 is 0 Å². The molecule has 1 aromatic heterocycles. The summed E-state index contributed by atoms with van der Waals surface area (Å²) in [5.74, 6) is 0. The number of pyridine rings is 1. The van der Waals surface area contributed by atoms with Crippen LogP contribution in [0.2, 0.25) is 0 Å². The summed E-state index contributed by atoms with van der Waals surface area (Å²) in [6.07, 6.45) is 3.63. The van der Waals surface area contributed by atoms with Crippen LogP contribution in [0.25, 0.3) is 0 Å². The lowest BCUT2D eigenvalue weighted by atomic mass is 10.1. The summed E-state index contributed by atoms with van der Waals surface area (Å²) in [6, 6.07) is 12.1. The van der Waals surface area contributed by atoms with Crippen LogP contribution in [0.15, 0.2) is 48.8 Å². The lowest BCUT2D eigenvalue weighted by Crippen LogP contribution is -1.94. The summed E-state index contributed by atoms with van der Waals surface area (Å²) in [6.45, 7) is 0. The van der Waals surface area contributed by atoms with Gasteiger partial charge in [-0.25, -0.2) is 0 Å². The fourth-order valence-electron chi connectivity index (χ4n) is 1.38. The van der Waals surface area contributed by atoms with E-state index in [-0.39, 0.29) is 5.38 Å². The molecule has 0 aliphatic carbocycles. The van der Waals surface area contributed by atoms with Crippen LogP contribution >= 0.6 is 34.2 Å². The Morgan fingerprint density at radius 3 is 2.47 bits per heavy atom. The molecule has 0 radical (unpaired) electrons. The van der Waals surface area contributed by atoms with Gasteiger partial charge in [0, 0.05) is 16.0 Å². The fourth-order valence-corrected chi connectivity index (χ4v) is 2.17. The van der Waals surface area contributed by atoms with E-state index in [1.165, 1.54) is 0 Å². The molecule has 0 N–H and O–H groups in total. The summed E-state index contributed by atoms with van der Waals surface area (Å²) in [4.78, 5) is 4.14. The van der Waals surface area contributed by atoms with Crippen molar-refractivity contribution in [1.82, 2.24) is 4.98 Å². The zero-order chi connectivity index (χ0) is 10.7. The Balaban J connectivity index is 2.32. The average Bonchev–Trinajstić information content (AvgIpc) is 2.29. The minimum absolute atomic E-state index is 0.117. The maximum Gasteiger partial charge on any atom is 0.0850 e. The predicted octanol–water partition coefficient (Wildman–Crippen LogP) is 4.01. The third-order valence-electron chi connectivity index (χ3n) is 2.11. The Bertz CT molecular complexity index is 444. The predicted molar refractivity (Wildman–Crippen MR) is 71.1 cm³/mol. The topological polar surface area (TPSA) is 12.9 Å². The third kappa shape index (κ3) is 2.69. The largest absolute Gasteiger partial charge is 0.263 e. The molecule has 3 heteroatoms. The third-order valence-corrected chi connectivity index (χ3v) is 3.20. The first-order chi connectivity index (χ1) is 7.27. The van der Waals surface area contributed by atoms with E-state index in [2.05, 4.69) is 33.6 Å². The van der Waals surface area contributed by atoms with Crippen molar-refractivity contribution in [2.75, 3.05) is 0 Å². The average molecular weight is 330 g/mol. The molecule has 0 unspecified atom stereocenters. The van der Waals surface area contributed by atoms with Gasteiger partial charge in [-0.2, -0.15) is 0 Å². The quantitative estimate of drug-likeness (QED) is 0.599. The molecular formula is C12H9ClIN. The summed E-state index contributed by atoms with van der Waals surface area (Å²) >= 11 is 8.60. The van der Waals surface area contributed by atoms with Crippen molar-refractivity contribution in [1.29, 1.82) is 0 Å². The van der Waals surface area contributed by atoms with Gasteiger partial charge in [-0.15, -0.1) is 11.6 Å². The van der Waals surface area contributed by atoms with E-state index < -0.39 is 0 Å². The van der Waals surface area contributed by atoms with Crippen molar-refractivity contribution in [3.8, 4) is 0 Å². The highest BCUT2D eigenvalue weighted by atomic mass is 127. The van der Waals surface area contributed by atoms with Crippen molar-refractivity contribution in [2.45, 2.75) is 5.38 Å². The maximum absolute atomic E-state index is 6.36. The van der Waals surface area contributed by atoms with Crippen LogP contribution in [0.1, 0.15) is 16.5 Å². The number of halogens is 2. The second-order valence-electron chi connectivity index (χ2n) is 3.21. The molecule has 1 aromatic carbocycles. The second kappa shape index (κ2) is 4.94. The van der Waals surface area contributed by atoms with Gasteiger partial charge < -0.3 is 0 Å². The van der Waals surface area contributed by atoms with Gasteiger partial charge in [0.1, 0.15) is 0 Å².